The molecule has 0 radical (unpaired) electrons. The van der Waals surface area contributed by atoms with Crippen LogP contribution in [0.5, 0.6) is 5.75 Å². The highest BCUT2D eigenvalue weighted by Gasteiger charge is 2.45. The molecule has 1 unspecified atom stereocenters. The fourth-order valence-corrected chi connectivity index (χ4v) is 5.08. The topological polar surface area (TPSA) is 62.4 Å². The molecule has 6 nitrogen and oxygen atoms in total. The number of benzene rings is 1. The van der Waals surface area contributed by atoms with Gasteiger partial charge in [-0.25, -0.2) is 0 Å². The van der Waals surface area contributed by atoms with Crippen LogP contribution in [0.1, 0.15) is 82.1 Å². The molecule has 0 N–H and O–H groups in total. The smallest absolute Gasteiger partial charge is 0.417 e. The zero-order chi connectivity index (χ0) is 24.8. The minimum absolute atomic E-state index is 0.0421. The third kappa shape index (κ3) is 4.90. The maximum atomic E-state index is 14.2. The van der Waals surface area contributed by atoms with E-state index in [1.807, 2.05) is 13.8 Å². The molecule has 3 aliphatic rings. The molecule has 0 bridgehead atoms. The van der Waals surface area contributed by atoms with Crippen LogP contribution in [0.25, 0.3) is 0 Å². The minimum Gasteiger partial charge on any atom is -0.476 e. The van der Waals surface area contributed by atoms with Gasteiger partial charge in [-0.3, -0.25) is 9.59 Å². The Kier molecular flexibility index (Phi) is 6.61. The van der Waals surface area contributed by atoms with Gasteiger partial charge in [-0.1, -0.05) is 19.3 Å². The average Bonchev–Trinajstić information content (AvgIpc) is 3.57. The van der Waals surface area contributed by atoms with Crippen LogP contribution in [0, 0.1) is 0 Å². The molecule has 2 fully saturated rings. The zero-order valence-corrected chi connectivity index (χ0v) is 20.2. The van der Waals surface area contributed by atoms with Crippen LogP contribution < -0.4 is 9.64 Å². The zero-order valence-electron chi connectivity index (χ0n) is 20.2. The quantitative estimate of drug-likeness (QED) is 0.524. The second-order valence-electron chi connectivity index (χ2n) is 10.3. The van der Waals surface area contributed by atoms with Gasteiger partial charge in [0.05, 0.1) is 29.5 Å². The number of anilines is 1. The van der Waals surface area contributed by atoms with E-state index in [4.69, 9.17) is 9.47 Å². The number of hydrogen-bond donors (Lipinski definition) is 0. The predicted molar refractivity (Wildman–Crippen MR) is 121 cm³/mol. The fraction of sp³-hybridized carbons (Fsp3) is 0.680. The SMILES string of the molecule is CC(C)N(C(=O)c1cc2c(cc1C(F)(F)F)OC(C)(C)C(=O)N2CCC1CO1)C1CCCCC1. The lowest BCUT2D eigenvalue weighted by molar-refractivity contribution is -0.138. The molecule has 9 heteroatoms. The molecule has 1 atom stereocenters. The van der Waals surface area contributed by atoms with Gasteiger partial charge in [0.2, 0.25) is 0 Å². The normalized spacial score (nSPS) is 22.4. The number of carbonyl (C=O) groups is 2. The van der Waals surface area contributed by atoms with Gasteiger partial charge in [0.1, 0.15) is 5.75 Å². The first kappa shape index (κ1) is 24.8. The molecule has 34 heavy (non-hydrogen) atoms. The van der Waals surface area contributed by atoms with Gasteiger partial charge in [0, 0.05) is 18.6 Å². The summed E-state index contributed by atoms with van der Waals surface area (Å²) < 4.78 is 53.6. The second-order valence-corrected chi connectivity index (χ2v) is 10.3. The number of alkyl halides is 3. The number of ether oxygens (including phenoxy) is 2. The van der Waals surface area contributed by atoms with E-state index < -0.39 is 28.8 Å². The van der Waals surface area contributed by atoms with E-state index in [1.165, 1.54) is 24.8 Å². The number of epoxide rings is 1. The lowest BCUT2D eigenvalue weighted by atomic mass is 9.92. The van der Waals surface area contributed by atoms with Crippen LogP contribution in [0.4, 0.5) is 18.9 Å². The van der Waals surface area contributed by atoms with E-state index >= 15 is 0 Å². The number of fused-ring (bicyclic) bond motifs is 1. The Hall–Kier alpha value is -2.29. The summed E-state index contributed by atoms with van der Waals surface area (Å²) in [7, 11) is 0. The Morgan fingerprint density at radius 1 is 1.21 bits per heavy atom. The predicted octanol–water partition coefficient (Wildman–Crippen LogP) is 5.18. The average molecular weight is 483 g/mol. The summed E-state index contributed by atoms with van der Waals surface area (Å²) in [4.78, 5) is 29.9. The largest absolute Gasteiger partial charge is 0.476 e. The van der Waals surface area contributed by atoms with Crippen molar-refractivity contribution in [1.29, 1.82) is 0 Å². The van der Waals surface area contributed by atoms with E-state index in [-0.39, 0.29) is 42.1 Å². The van der Waals surface area contributed by atoms with Crippen molar-refractivity contribution in [3.63, 3.8) is 0 Å². The molecule has 1 saturated carbocycles. The third-order valence-electron chi connectivity index (χ3n) is 6.89. The first-order valence-corrected chi connectivity index (χ1v) is 12.1. The van der Waals surface area contributed by atoms with Crippen LogP contribution in [0.15, 0.2) is 12.1 Å². The molecule has 1 saturated heterocycles. The molecule has 188 valence electrons. The van der Waals surface area contributed by atoms with E-state index in [0.29, 0.717) is 13.0 Å². The van der Waals surface area contributed by atoms with Crippen LogP contribution in [0.2, 0.25) is 0 Å². The summed E-state index contributed by atoms with van der Waals surface area (Å²) in [6.45, 7) is 7.61. The van der Waals surface area contributed by atoms with Crippen LogP contribution in [-0.2, 0) is 15.7 Å². The Morgan fingerprint density at radius 3 is 2.41 bits per heavy atom. The number of rotatable bonds is 6. The van der Waals surface area contributed by atoms with Gasteiger partial charge in [0.25, 0.3) is 11.8 Å². The first-order chi connectivity index (χ1) is 15.9. The number of halogens is 3. The molecular weight excluding hydrogens is 449 g/mol. The summed E-state index contributed by atoms with van der Waals surface area (Å²) in [5, 5.41) is 0. The van der Waals surface area contributed by atoms with Gasteiger partial charge < -0.3 is 19.3 Å². The minimum atomic E-state index is -4.75. The van der Waals surface area contributed by atoms with Crippen molar-refractivity contribution in [3.8, 4) is 5.75 Å². The maximum Gasteiger partial charge on any atom is 0.417 e. The Balaban J connectivity index is 1.80. The molecule has 0 aromatic heterocycles. The lowest BCUT2D eigenvalue weighted by Gasteiger charge is -2.40. The summed E-state index contributed by atoms with van der Waals surface area (Å²) in [6, 6.07) is 1.74. The molecule has 1 aromatic carbocycles. The molecule has 2 heterocycles. The molecule has 2 aliphatic heterocycles. The van der Waals surface area contributed by atoms with Crippen LogP contribution in [0.3, 0.4) is 0 Å². The van der Waals surface area contributed by atoms with Crippen molar-refractivity contribution >= 4 is 17.5 Å². The monoisotopic (exact) mass is 482 g/mol. The van der Waals surface area contributed by atoms with Crippen molar-refractivity contribution in [2.75, 3.05) is 18.1 Å². The molecular formula is C25H33F3N2O4. The highest BCUT2D eigenvalue weighted by molar-refractivity contribution is 6.05. The highest BCUT2D eigenvalue weighted by Crippen LogP contribution is 2.45. The van der Waals surface area contributed by atoms with Gasteiger partial charge in [-0.2, -0.15) is 13.2 Å². The Morgan fingerprint density at radius 2 is 1.85 bits per heavy atom. The fourth-order valence-electron chi connectivity index (χ4n) is 5.08. The van der Waals surface area contributed by atoms with E-state index in [9.17, 15) is 22.8 Å². The van der Waals surface area contributed by atoms with Gasteiger partial charge in [-0.15, -0.1) is 0 Å². The third-order valence-corrected chi connectivity index (χ3v) is 6.89. The van der Waals surface area contributed by atoms with Crippen molar-refractivity contribution < 1.29 is 32.2 Å². The second kappa shape index (κ2) is 9.06. The van der Waals surface area contributed by atoms with Gasteiger partial charge in [-0.05, 0) is 59.1 Å². The van der Waals surface area contributed by atoms with Crippen molar-refractivity contribution in [1.82, 2.24) is 4.90 Å². The van der Waals surface area contributed by atoms with Gasteiger partial charge in [0.15, 0.2) is 5.60 Å². The summed E-state index contributed by atoms with van der Waals surface area (Å²) in [6.07, 6.45) is 0.373. The summed E-state index contributed by atoms with van der Waals surface area (Å²) in [5.74, 6) is -1.05. The highest BCUT2D eigenvalue weighted by atomic mass is 19.4. The first-order valence-electron chi connectivity index (χ1n) is 12.1. The number of carbonyl (C=O) groups excluding carboxylic acids is 2. The lowest BCUT2D eigenvalue weighted by Crippen LogP contribution is -2.53. The standard InChI is InChI=1S/C25H33F3N2O4/c1-15(2)30(16-8-6-5-7-9-16)22(31)18-12-20-21(13-19(18)25(26,27)28)34-24(3,4)23(32)29(20)11-10-17-14-33-17/h12-13,15-17H,5-11,14H2,1-4H3. The van der Waals surface area contributed by atoms with Crippen molar-refractivity contribution in [3.05, 3.63) is 23.3 Å². The van der Waals surface area contributed by atoms with Crippen molar-refractivity contribution in [2.24, 2.45) is 0 Å². The van der Waals surface area contributed by atoms with E-state index in [1.54, 1.807) is 4.90 Å². The molecule has 4 rings (SSSR count). The van der Waals surface area contributed by atoms with Crippen LogP contribution >= 0.6 is 0 Å². The molecule has 0 spiro atoms. The maximum absolute atomic E-state index is 14.2. The number of hydrogen-bond acceptors (Lipinski definition) is 4. The van der Waals surface area contributed by atoms with E-state index in [0.717, 1.165) is 38.2 Å². The molecule has 1 aromatic rings. The summed E-state index contributed by atoms with van der Waals surface area (Å²) >= 11 is 0. The molecule has 1 aliphatic carbocycles. The Bertz CT molecular complexity index is 950. The van der Waals surface area contributed by atoms with Crippen molar-refractivity contribution in [2.45, 2.75) is 96.2 Å². The Labute approximate surface area is 198 Å². The van der Waals surface area contributed by atoms with E-state index in [2.05, 4.69) is 0 Å². The van der Waals surface area contributed by atoms with Gasteiger partial charge >= 0.3 is 6.18 Å². The molecule has 2 amide bonds. The summed E-state index contributed by atoms with van der Waals surface area (Å²) in [5.41, 5.74) is -2.59. The number of amides is 2. The van der Waals surface area contributed by atoms with Crippen LogP contribution in [-0.4, -0.2) is 53.7 Å². The number of nitrogens with zero attached hydrogens (tertiary/aromatic N) is 2.